The third-order valence-corrected chi connectivity index (χ3v) is 5.00. The Labute approximate surface area is 136 Å². The molecule has 2 aliphatic heterocycles. The van der Waals surface area contributed by atoms with Gasteiger partial charge in [0.05, 0.1) is 5.69 Å². The molecule has 2 aromatic heterocycles. The molecule has 23 heavy (non-hydrogen) atoms. The summed E-state index contributed by atoms with van der Waals surface area (Å²) in [6, 6.07) is 0. The minimum atomic E-state index is 0.420. The zero-order valence-corrected chi connectivity index (χ0v) is 13.8. The van der Waals surface area contributed by atoms with Crippen LogP contribution in [0.5, 0.6) is 0 Å². The number of hydrogen-bond acceptors (Lipinski definition) is 6. The number of nitrogens with zero attached hydrogens (tertiary/aromatic N) is 7. The summed E-state index contributed by atoms with van der Waals surface area (Å²) >= 11 is 0. The number of anilines is 1. The Kier molecular flexibility index (Phi) is 3.72. The third kappa shape index (κ3) is 2.69. The fourth-order valence-corrected chi connectivity index (χ4v) is 3.78. The first kappa shape index (κ1) is 14.6. The van der Waals surface area contributed by atoms with Crippen molar-refractivity contribution in [2.45, 2.75) is 31.7 Å². The Balaban J connectivity index is 1.62. The van der Waals surface area contributed by atoms with Crippen molar-refractivity contribution in [3.8, 4) is 0 Å². The van der Waals surface area contributed by atoms with Crippen LogP contribution in [-0.2, 0) is 20.0 Å². The zero-order chi connectivity index (χ0) is 15.8. The molecule has 0 aliphatic carbocycles. The van der Waals surface area contributed by atoms with Crippen molar-refractivity contribution >= 4 is 5.82 Å². The number of fused-ring (bicyclic) bond motifs is 1. The molecule has 7 nitrogen and oxygen atoms in total. The number of hydrogen-bond donors (Lipinski definition) is 0. The summed E-state index contributed by atoms with van der Waals surface area (Å²) < 4.78 is 2.04. The van der Waals surface area contributed by atoms with Crippen LogP contribution in [0, 0.1) is 0 Å². The molecule has 1 saturated heterocycles. The van der Waals surface area contributed by atoms with E-state index in [9.17, 15) is 0 Å². The second-order valence-corrected chi connectivity index (χ2v) is 6.70. The Bertz CT molecular complexity index is 695. The standard InChI is InChI=1S/C16H23N7/c1-21-7-5-14-13(9-21)16(18-10-17-14)23-6-3-4-12(8-23)15-20-19-11-22(15)2/h10-12H,3-9H2,1-2H3/t12-/m0/s1. The highest BCUT2D eigenvalue weighted by molar-refractivity contribution is 5.50. The van der Waals surface area contributed by atoms with Crippen molar-refractivity contribution < 1.29 is 0 Å². The van der Waals surface area contributed by atoms with Crippen LogP contribution >= 0.6 is 0 Å². The van der Waals surface area contributed by atoms with Crippen LogP contribution in [0.2, 0.25) is 0 Å². The summed E-state index contributed by atoms with van der Waals surface area (Å²) in [7, 11) is 4.19. The van der Waals surface area contributed by atoms with E-state index < -0.39 is 0 Å². The van der Waals surface area contributed by atoms with E-state index in [1.165, 1.54) is 11.3 Å². The second kappa shape index (κ2) is 5.88. The third-order valence-electron chi connectivity index (χ3n) is 5.00. The normalized spacial score (nSPS) is 22.2. The van der Waals surface area contributed by atoms with Crippen molar-refractivity contribution in [1.82, 2.24) is 29.6 Å². The molecule has 0 radical (unpaired) electrons. The van der Waals surface area contributed by atoms with Crippen LogP contribution in [-0.4, -0.2) is 56.3 Å². The Hall–Kier alpha value is -2.02. The molecule has 0 unspecified atom stereocenters. The molecule has 0 spiro atoms. The van der Waals surface area contributed by atoms with E-state index in [2.05, 4.69) is 37.0 Å². The van der Waals surface area contributed by atoms with Gasteiger partial charge < -0.3 is 14.4 Å². The molecule has 2 aliphatic rings. The smallest absolute Gasteiger partial charge is 0.137 e. The van der Waals surface area contributed by atoms with Gasteiger partial charge in [-0.05, 0) is 19.9 Å². The largest absolute Gasteiger partial charge is 0.356 e. The van der Waals surface area contributed by atoms with E-state index in [1.54, 1.807) is 12.7 Å². The predicted octanol–water partition coefficient (Wildman–Crippen LogP) is 0.977. The lowest BCUT2D eigenvalue weighted by atomic mass is 9.96. The maximum absolute atomic E-state index is 4.63. The molecule has 1 atom stereocenters. The number of likely N-dealkylation sites (N-methyl/N-ethyl adjacent to an activating group) is 1. The summed E-state index contributed by atoms with van der Waals surface area (Å²) in [6.07, 6.45) is 6.85. The van der Waals surface area contributed by atoms with Crippen LogP contribution in [0.1, 0.15) is 35.8 Å². The van der Waals surface area contributed by atoms with Gasteiger partial charge in [0, 0.05) is 51.1 Å². The highest BCUT2D eigenvalue weighted by Crippen LogP contribution is 2.31. The molecule has 122 valence electrons. The Morgan fingerprint density at radius 3 is 2.91 bits per heavy atom. The first-order chi connectivity index (χ1) is 11.2. The highest BCUT2D eigenvalue weighted by Gasteiger charge is 2.28. The summed E-state index contributed by atoms with van der Waals surface area (Å²) in [5.74, 6) is 2.62. The van der Waals surface area contributed by atoms with Gasteiger partial charge in [-0.15, -0.1) is 10.2 Å². The van der Waals surface area contributed by atoms with Gasteiger partial charge in [0.15, 0.2) is 0 Å². The topological polar surface area (TPSA) is 63.0 Å². The van der Waals surface area contributed by atoms with Crippen LogP contribution in [0.25, 0.3) is 0 Å². The minimum Gasteiger partial charge on any atom is -0.356 e. The number of rotatable bonds is 2. The molecule has 4 heterocycles. The fraction of sp³-hybridized carbons (Fsp3) is 0.625. The van der Waals surface area contributed by atoms with Crippen molar-refractivity contribution in [2.75, 3.05) is 31.6 Å². The Morgan fingerprint density at radius 1 is 1.17 bits per heavy atom. The molecular formula is C16H23N7. The van der Waals surface area contributed by atoms with E-state index in [0.29, 0.717) is 5.92 Å². The molecule has 0 saturated carbocycles. The highest BCUT2D eigenvalue weighted by atomic mass is 15.3. The van der Waals surface area contributed by atoms with Crippen LogP contribution in [0.4, 0.5) is 5.82 Å². The van der Waals surface area contributed by atoms with E-state index in [0.717, 1.165) is 57.1 Å². The molecule has 2 aromatic rings. The average Bonchev–Trinajstić information content (AvgIpc) is 3.00. The van der Waals surface area contributed by atoms with Gasteiger partial charge in [-0.1, -0.05) is 0 Å². The first-order valence-electron chi connectivity index (χ1n) is 8.32. The lowest BCUT2D eigenvalue weighted by Crippen LogP contribution is -2.38. The Morgan fingerprint density at radius 2 is 2.09 bits per heavy atom. The summed E-state index contributed by atoms with van der Waals surface area (Å²) in [4.78, 5) is 13.9. The molecule has 1 fully saturated rings. The fourth-order valence-electron chi connectivity index (χ4n) is 3.78. The maximum atomic E-state index is 4.63. The van der Waals surface area contributed by atoms with Gasteiger partial charge in [0.25, 0.3) is 0 Å². The van der Waals surface area contributed by atoms with Crippen molar-refractivity contribution in [3.63, 3.8) is 0 Å². The van der Waals surface area contributed by atoms with Crippen molar-refractivity contribution in [3.05, 3.63) is 29.7 Å². The average molecular weight is 313 g/mol. The molecular weight excluding hydrogens is 290 g/mol. The van der Waals surface area contributed by atoms with Gasteiger partial charge in [-0.3, -0.25) is 0 Å². The zero-order valence-electron chi connectivity index (χ0n) is 13.8. The lowest BCUT2D eigenvalue weighted by molar-refractivity contribution is 0.308. The molecule has 0 N–H and O–H groups in total. The van der Waals surface area contributed by atoms with Crippen molar-refractivity contribution in [1.29, 1.82) is 0 Å². The van der Waals surface area contributed by atoms with Crippen molar-refractivity contribution in [2.24, 2.45) is 7.05 Å². The van der Waals surface area contributed by atoms with Gasteiger partial charge in [-0.25, -0.2) is 9.97 Å². The van der Waals surface area contributed by atoms with Gasteiger partial charge in [0.2, 0.25) is 0 Å². The van der Waals surface area contributed by atoms with E-state index in [4.69, 9.17) is 0 Å². The van der Waals surface area contributed by atoms with E-state index >= 15 is 0 Å². The van der Waals surface area contributed by atoms with E-state index in [1.807, 2.05) is 11.6 Å². The number of aromatic nitrogens is 5. The second-order valence-electron chi connectivity index (χ2n) is 6.70. The summed E-state index contributed by atoms with van der Waals surface area (Å²) in [5.41, 5.74) is 2.52. The SMILES string of the molecule is CN1CCc2ncnc(N3CCC[C@H](c4nncn4C)C3)c2C1. The quantitative estimate of drug-likeness (QED) is 0.823. The van der Waals surface area contributed by atoms with Crippen LogP contribution in [0.15, 0.2) is 12.7 Å². The first-order valence-corrected chi connectivity index (χ1v) is 8.32. The lowest BCUT2D eigenvalue weighted by Gasteiger charge is -2.36. The summed E-state index contributed by atoms with van der Waals surface area (Å²) in [6.45, 7) is 4.03. The number of aryl methyl sites for hydroxylation is 1. The monoisotopic (exact) mass is 313 g/mol. The minimum absolute atomic E-state index is 0.420. The maximum Gasteiger partial charge on any atom is 0.137 e. The molecule has 7 heteroatoms. The summed E-state index contributed by atoms with van der Waals surface area (Å²) in [5, 5.41) is 8.35. The molecule has 0 aromatic carbocycles. The molecule has 4 rings (SSSR count). The van der Waals surface area contributed by atoms with Gasteiger partial charge in [0.1, 0.15) is 24.3 Å². The molecule has 0 bridgehead atoms. The number of piperidine rings is 1. The molecule has 0 amide bonds. The van der Waals surface area contributed by atoms with Gasteiger partial charge in [-0.2, -0.15) is 0 Å². The van der Waals surface area contributed by atoms with E-state index in [-0.39, 0.29) is 0 Å². The predicted molar refractivity (Wildman–Crippen MR) is 87.3 cm³/mol. The van der Waals surface area contributed by atoms with Crippen LogP contribution in [0.3, 0.4) is 0 Å². The van der Waals surface area contributed by atoms with Gasteiger partial charge >= 0.3 is 0 Å². The van der Waals surface area contributed by atoms with Crippen LogP contribution < -0.4 is 4.90 Å².